The minimum absolute atomic E-state index is 0.0974. The Kier molecular flexibility index (Phi) is 6.89. The lowest BCUT2D eigenvalue weighted by atomic mass is 10.0. The van der Waals surface area contributed by atoms with Gasteiger partial charge in [-0.15, -0.1) is 6.58 Å². The zero-order valence-corrected chi connectivity index (χ0v) is 15.6. The van der Waals surface area contributed by atoms with E-state index in [9.17, 15) is 9.59 Å². The molecule has 2 rings (SSSR count). The molecule has 7 nitrogen and oxygen atoms in total. The van der Waals surface area contributed by atoms with E-state index in [1.165, 1.54) is 0 Å². The van der Waals surface area contributed by atoms with Crippen molar-refractivity contribution in [3.8, 4) is 11.5 Å². The smallest absolute Gasteiger partial charge is 0.409 e. The van der Waals surface area contributed by atoms with Crippen LogP contribution in [0.2, 0.25) is 0 Å². The molecule has 1 aliphatic heterocycles. The fourth-order valence-corrected chi connectivity index (χ4v) is 2.96. The number of hydrogen-bond acceptors (Lipinski definition) is 5. The van der Waals surface area contributed by atoms with Crippen LogP contribution in [0.1, 0.15) is 22.8 Å². The number of nitrogens with zero attached hydrogens (tertiary/aromatic N) is 2. The summed E-state index contributed by atoms with van der Waals surface area (Å²) in [6.45, 7) is 7.70. The van der Waals surface area contributed by atoms with E-state index in [0.717, 1.165) is 5.56 Å². The zero-order chi connectivity index (χ0) is 19.1. The van der Waals surface area contributed by atoms with Crippen molar-refractivity contribution < 1.29 is 23.8 Å². The van der Waals surface area contributed by atoms with Crippen LogP contribution >= 0.6 is 0 Å². The van der Waals surface area contributed by atoms with Gasteiger partial charge in [0.05, 0.1) is 20.8 Å². The molecule has 0 atom stereocenters. The summed E-state index contributed by atoms with van der Waals surface area (Å²) in [6, 6.07) is 3.49. The van der Waals surface area contributed by atoms with Crippen LogP contribution in [0.25, 0.3) is 0 Å². The normalized spacial score (nSPS) is 14.0. The quantitative estimate of drug-likeness (QED) is 0.727. The molecule has 0 unspecified atom stereocenters. The second-order valence-electron chi connectivity index (χ2n) is 5.84. The molecule has 142 valence electrons. The number of piperazine rings is 1. The molecule has 0 aliphatic carbocycles. The van der Waals surface area contributed by atoms with E-state index >= 15 is 0 Å². The number of methoxy groups -OCH3 is 2. The fourth-order valence-electron chi connectivity index (χ4n) is 2.96. The summed E-state index contributed by atoms with van der Waals surface area (Å²) in [6.07, 6.45) is 1.99. The van der Waals surface area contributed by atoms with Crippen molar-refractivity contribution in [1.82, 2.24) is 9.80 Å². The van der Waals surface area contributed by atoms with Gasteiger partial charge < -0.3 is 24.0 Å². The Hall–Kier alpha value is -2.70. The zero-order valence-electron chi connectivity index (χ0n) is 15.6. The summed E-state index contributed by atoms with van der Waals surface area (Å²) in [5, 5.41) is 0. The van der Waals surface area contributed by atoms with Gasteiger partial charge in [0.25, 0.3) is 5.91 Å². The molecule has 1 fully saturated rings. The molecule has 0 N–H and O–H groups in total. The lowest BCUT2D eigenvalue weighted by Crippen LogP contribution is -2.50. The Balaban J connectivity index is 2.16. The van der Waals surface area contributed by atoms with Crippen molar-refractivity contribution in [1.29, 1.82) is 0 Å². The van der Waals surface area contributed by atoms with Gasteiger partial charge in [-0.05, 0) is 25.5 Å². The summed E-state index contributed by atoms with van der Waals surface area (Å²) in [4.78, 5) is 28.0. The summed E-state index contributed by atoms with van der Waals surface area (Å²) < 4.78 is 15.8. The first-order chi connectivity index (χ1) is 12.5. The summed E-state index contributed by atoms with van der Waals surface area (Å²) in [7, 11) is 3.11. The topological polar surface area (TPSA) is 68.3 Å². The fraction of sp³-hybridized carbons (Fsp3) is 0.474. The molecular formula is C19H26N2O5. The highest BCUT2D eigenvalue weighted by atomic mass is 16.6. The van der Waals surface area contributed by atoms with Gasteiger partial charge in [-0.2, -0.15) is 0 Å². The van der Waals surface area contributed by atoms with Crippen LogP contribution in [0.15, 0.2) is 24.8 Å². The predicted molar refractivity (Wildman–Crippen MR) is 97.9 cm³/mol. The van der Waals surface area contributed by atoms with Crippen LogP contribution in [-0.4, -0.2) is 68.8 Å². The highest BCUT2D eigenvalue weighted by molar-refractivity contribution is 5.95. The van der Waals surface area contributed by atoms with Gasteiger partial charge in [-0.1, -0.05) is 6.08 Å². The first-order valence-corrected chi connectivity index (χ1v) is 8.62. The molecule has 2 amide bonds. The summed E-state index contributed by atoms with van der Waals surface area (Å²) in [5.41, 5.74) is 1.37. The minimum Gasteiger partial charge on any atom is -0.493 e. The lowest BCUT2D eigenvalue weighted by molar-refractivity contribution is 0.0570. The van der Waals surface area contributed by atoms with Gasteiger partial charge in [0.2, 0.25) is 0 Å². The maximum Gasteiger partial charge on any atom is 0.409 e. The standard InChI is InChI=1S/C19H26N2O5/c1-5-7-14-12-15(13-16(24-3)17(14)25-4)18(22)20-8-10-21(11-9-20)19(23)26-6-2/h5,12-13H,1,6-11H2,2-4H3. The number of benzene rings is 1. The highest BCUT2D eigenvalue weighted by Crippen LogP contribution is 2.33. The summed E-state index contributed by atoms with van der Waals surface area (Å²) >= 11 is 0. The number of rotatable bonds is 6. The largest absolute Gasteiger partial charge is 0.493 e. The lowest BCUT2D eigenvalue weighted by Gasteiger charge is -2.34. The molecule has 1 aliphatic rings. The number of ether oxygens (including phenoxy) is 3. The third-order valence-electron chi connectivity index (χ3n) is 4.26. The Morgan fingerprint density at radius 2 is 1.77 bits per heavy atom. The van der Waals surface area contributed by atoms with Crippen molar-refractivity contribution in [2.24, 2.45) is 0 Å². The molecule has 26 heavy (non-hydrogen) atoms. The molecule has 0 spiro atoms. The Labute approximate surface area is 154 Å². The van der Waals surface area contributed by atoms with Crippen LogP contribution < -0.4 is 9.47 Å². The van der Waals surface area contributed by atoms with Crippen molar-refractivity contribution in [3.63, 3.8) is 0 Å². The molecule has 0 radical (unpaired) electrons. The summed E-state index contributed by atoms with van der Waals surface area (Å²) in [5.74, 6) is 1.02. The van der Waals surface area contributed by atoms with Crippen LogP contribution in [0.3, 0.4) is 0 Å². The van der Waals surface area contributed by atoms with Gasteiger partial charge >= 0.3 is 6.09 Å². The van der Waals surface area contributed by atoms with Crippen molar-refractivity contribution >= 4 is 12.0 Å². The molecule has 0 bridgehead atoms. The first kappa shape index (κ1) is 19.6. The monoisotopic (exact) mass is 362 g/mol. The van der Waals surface area contributed by atoms with Gasteiger partial charge in [-0.3, -0.25) is 4.79 Å². The molecule has 1 aromatic rings. The number of carbonyl (C=O) groups excluding carboxylic acids is 2. The number of amides is 2. The maximum atomic E-state index is 12.9. The van der Waals surface area contributed by atoms with Crippen molar-refractivity contribution in [3.05, 3.63) is 35.9 Å². The average molecular weight is 362 g/mol. The molecule has 1 heterocycles. The van der Waals surface area contributed by atoms with Gasteiger partial charge in [0, 0.05) is 37.3 Å². The number of carbonyl (C=O) groups is 2. The van der Waals surface area contributed by atoms with Gasteiger partial charge in [0.1, 0.15) is 0 Å². The molecule has 1 aromatic carbocycles. The second kappa shape index (κ2) is 9.12. The van der Waals surface area contributed by atoms with Gasteiger partial charge in [0.15, 0.2) is 11.5 Å². The molecule has 1 saturated heterocycles. The van der Waals surface area contributed by atoms with E-state index in [4.69, 9.17) is 14.2 Å². The van der Waals surface area contributed by atoms with Crippen molar-refractivity contribution in [2.45, 2.75) is 13.3 Å². The molecule has 0 aromatic heterocycles. The molecule has 7 heteroatoms. The highest BCUT2D eigenvalue weighted by Gasteiger charge is 2.26. The Morgan fingerprint density at radius 1 is 1.12 bits per heavy atom. The van der Waals surface area contributed by atoms with Crippen LogP contribution in [0.4, 0.5) is 4.79 Å². The van der Waals surface area contributed by atoms with Crippen LogP contribution in [-0.2, 0) is 11.2 Å². The van der Waals surface area contributed by atoms with E-state index < -0.39 is 0 Å². The van der Waals surface area contributed by atoms with Gasteiger partial charge in [-0.25, -0.2) is 4.79 Å². The van der Waals surface area contributed by atoms with Crippen molar-refractivity contribution in [2.75, 3.05) is 47.0 Å². The average Bonchev–Trinajstić information content (AvgIpc) is 2.67. The second-order valence-corrected chi connectivity index (χ2v) is 5.84. The van der Waals surface area contributed by atoms with E-state index in [1.54, 1.807) is 43.1 Å². The number of hydrogen-bond donors (Lipinski definition) is 0. The first-order valence-electron chi connectivity index (χ1n) is 8.62. The molecular weight excluding hydrogens is 336 g/mol. The minimum atomic E-state index is -0.334. The third kappa shape index (κ3) is 4.28. The van der Waals surface area contributed by atoms with Crippen LogP contribution in [0.5, 0.6) is 11.5 Å². The third-order valence-corrected chi connectivity index (χ3v) is 4.26. The maximum absolute atomic E-state index is 12.9. The van der Waals surface area contributed by atoms with E-state index in [1.807, 2.05) is 6.07 Å². The predicted octanol–water partition coefficient (Wildman–Crippen LogP) is 2.35. The number of allylic oxidation sites excluding steroid dienone is 1. The van der Waals surface area contributed by atoms with Crippen LogP contribution in [0, 0.1) is 0 Å². The SMILES string of the molecule is C=CCc1cc(C(=O)N2CCN(C(=O)OCC)CC2)cc(OC)c1OC. The Morgan fingerprint density at radius 3 is 2.31 bits per heavy atom. The Bertz CT molecular complexity index is 666. The molecule has 0 saturated carbocycles. The van der Waals surface area contributed by atoms with E-state index in [0.29, 0.717) is 56.3 Å². The van der Waals surface area contributed by atoms with E-state index in [-0.39, 0.29) is 12.0 Å². The van der Waals surface area contributed by atoms with E-state index in [2.05, 4.69) is 6.58 Å².